The molecular formula is C17H15F3N6OS. The van der Waals surface area contributed by atoms with Crippen molar-refractivity contribution >= 4 is 23.1 Å². The Bertz CT molecular complexity index is 1060. The van der Waals surface area contributed by atoms with E-state index in [1.165, 1.54) is 10.7 Å². The molecule has 0 radical (unpaired) electrons. The molecule has 28 heavy (non-hydrogen) atoms. The first-order valence-corrected chi connectivity index (χ1v) is 9.29. The molecule has 4 rings (SSSR count). The van der Waals surface area contributed by atoms with Crippen molar-refractivity contribution < 1.29 is 18.0 Å². The molecule has 11 heteroatoms. The van der Waals surface area contributed by atoms with E-state index in [9.17, 15) is 18.0 Å². The highest BCUT2D eigenvalue weighted by atomic mass is 32.1. The molecule has 0 saturated carbocycles. The molecule has 0 amide bonds. The monoisotopic (exact) mass is 408 g/mol. The summed E-state index contributed by atoms with van der Waals surface area (Å²) in [5.41, 5.74) is -0.559. The number of rotatable bonds is 4. The third-order valence-corrected chi connectivity index (χ3v) is 5.34. The second-order valence-electron chi connectivity index (χ2n) is 6.17. The highest BCUT2D eigenvalue weighted by molar-refractivity contribution is 7.12. The van der Waals surface area contributed by atoms with Crippen LogP contribution in [0.15, 0.2) is 41.3 Å². The van der Waals surface area contributed by atoms with Crippen molar-refractivity contribution in [1.82, 2.24) is 24.5 Å². The standard InChI is InChI=1S/C17H15F3N6OS/c1-3-25-7-10(9(2)24-25)13-12(14(27)11-5-4-6-28-11)15(17(18,19)20)23-16-21-8-22-26(13)16/h4-8,13H,3H2,1-2H3,(H,21,22,23). The zero-order valence-corrected chi connectivity index (χ0v) is 15.7. The molecule has 1 unspecified atom stereocenters. The Balaban J connectivity index is 1.99. The molecule has 1 N–H and O–H groups in total. The van der Waals surface area contributed by atoms with Crippen LogP contribution in [0.3, 0.4) is 0 Å². The number of aryl methyl sites for hydroxylation is 2. The van der Waals surface area contributed by atoms with Gasteiger partial charge in [0.05, 0.1) is 16.1 Å². The SMILES string of the molecule is CCn1cc(C2C(C(=O)c3cccs3)=C(C(F)(F)F)Nc3ncnn32)c(C)n1. The Morgan fingerprint density at radius 2 is 2.18 bits per heavy atom. The van der Waals surface area contributed by atoms with Gasteiger partial charge in [0.1, 0.15) is 18.1 Å². The van der Waals surface area contributed by atoms with E-state index in [1.807, 2.05) is 6.92 Å². The summed E-state index contributed by atoms with van der Waals surface area (Å²) in [5, 5.41) is 12.3. The van der Waals surface area contributed by atoms with Crippen LogP contribution in [-0.2, 0) is 6.54 Å². The highest BCUT2D eigenvalue weighted by Crippen LogP contribution is 2.42. The van der Waals surface area contributed by atoms with Crippen LogP contribution < -0.4 is 5.32 Å². The van der Waals surface area contributed by atoms with E-state index in [0.717, 1.165) is 17.7 Å². The van der Waals surface area contributed by atoms with Gasteiger partial charge in [-0.05, 0) is 25.3 Å². The maximum absolute atomic E-state index is 13.9. The molecule has 0 saturated heterocycles. The van der Waals surface area contributed by atoms with Gasteiger partial charge in [-0.1, -0.05) is 6.07 Å². The number of halogens is 3. The van der Waals surface area contributed by atoms with Gasteiger partial charge in [0.25, 0.3) is 0 Å². The average Bonchev–Trinajstić information content (AvgIpc) is 3.39. The van der Waals surface area contributed by atoms with Crippen molar-refractivity contribution in [3.8, 4) is 0 Å². The summed E-state index contributed by atoms with van der Waals surface area (Å²) >= 11 is 1.09. The first kappa shape index (κ1) is 18.4. The Labute approximate surface area is 161 Å². The number of anilines is 1. The predicted molar refractivity (Wildman–Crippen MR) is 96.2 cm³/mol. The van der Waals surface area contributed by atoms with Crippen LogP contribution in [-0.4, -0.2) is 36.5 Å². The van der Waals surface area contributed by atoms with Crippen LogP contribution in [0.2, 0.25) is 0 Å². The van der Waals surface area contributed by atoms with Gasteiger partial charge in [-0.2, -0.15) is 28.4 Å². The Hall–Kier alpha value is -2.95. The number of alkyl halides is 3. The van der Waals surface area contributed by atoms with E-state index in [-0.39, 0.29) is 10.8 Å². The second kappa shape index (κ2) is 6.59. The van der Waals surface area contributed by atoms with E-state index in [4.69, 9.17) is 0 Å². The van der Waals surface area contributed by atoms with E-state index < -0.39 is 29.3 Å². The van der Waals surface area contributed by atoms with Gasteiger partial charge in [-0.25, -0.2) is 4.68 Å². The second-order valence-corrected chi connectivity index (χ2v) is 7.12. The summed E-state index contributed by atoms with van der Waals surface area (Å²) in [6.07, 6.45) is -1.97. The van der Waals surface area contributed by atoms with Crippen LogP contribution in [0.1, 0.15) is 33.9 Å². The molecular weight excluding hydrogens is 393 g/mol. The molecule has 3 aromatic heterocycles. The Kier molecular flexibility index (Phi) is 4.33. The number of hydrogen-bond acceptors (Lipinski definition) is 6. The number of nitrogens with zero attached hydrogens (tertiary/aromatic N) is 5. The lowest BCUT2D eigenvalue weighted by atomic mass is 9.92. The van der Waals surface area contributed by atoms with Crippen LogP contribution in [0.4, 0.5) is 19.1 Å². The van der Waals surface area contributed by atoms with Gasteiger partial charge < -0.3 is 5.32 Å². The Morgan fingerprint density at radius 3 is 2.79 bits per heavy atom. The lowest BCUT2D eigenvalue weighted by Crippen LogP contribution is -2.35. The summed E-state index contributed by atoms with van der Waals surface area (Å²) in [7, 11) is 0. The number of nitrogens with one attached hydrogen (secondary N) is 1. The Morgan fingerprint density at radius 1 is 1.39 bits per heavy atom. The number of fused-ring (bicyclic) bond motifs is 1. The number of thiophene rings is 1. The van der Waals surface area contributed by atoms with Crippen molar-refractivity contribution in [3.63, 3.8) is 0 Å². The molecule has 1 aliphatic heterocycles. The largest absolute Gasteiger partial charge is 0.431 e. The third-order valence-electron chi connectivity index (χ3n) is 4.47. The van der Waals surface area contributed by atoms with Crippen LogP contribution >= 0.6 is 11.3 Å². The van der Waals surface area contributed by atoms with E-state index in [2.05, 4.69) is 20.5 Å². The molecule has 3 aromatic rings. The van der Waals surface area contributed by atoms with Crippen LogP contribution in [0.5, 0.6) is 0 Å². The maximum atomic E-state index is 13.9. The molecule has 0 spiro atoms. The maximum Gasteiger partial charge on any atom is 0.431 e. The van der Waals surface area contributed by atoms with E-state index >= 15 is 0 Å². The number of allylic oxidation sites excluding steroid dienone is 2. The lowest BCUT2D eigenvalue weighted by Gasteiger charge is -2.30. The molecule has 4 heterocycles. The molecule has 0 fully saturated rings. The summed E-state index contributed by atoms with van der Waals surface area (Å²) in [4.78, 5) is 17.2. The number of Topliss-reactive ketones (excluding diaryl/α,β-unsaturated/α-hetero) is 1. The molecule has 146 valence electrons. The van der Waals surface area contributed by atoms with E-state index in [0.29, 0.717) is 17.8 Å². The number of carbonyl (C=O) groups excluding carboxylic acids is 1. The minimum absolute atomic E-state index is 0.0799. The van der Waals surface area contributed by atoms with Gasteiger partial charge >= 0.3 is 6.18 Å². The number of hydrogen-bond donors (Lipinski definition) is 1. The smallest absolute Gasteiger partial charge is 0.320 e. The molecule has 7 nitrogen and oxygen atoms in total. The molecule has 0 aromatic carbocycles. The topological polar surface area (TPSA) is 77.6 Å². The predicted octanol–water partition coefficient (Wildman–Crippen LogP) is 3.58. The minimum atomic E-state index is -4.77. The molecule has 1 aliphatic rings. The third kappa shape index (κ3) is 2.91. The first-order valence-electron chi connectivity index (χ1n) is 8.41. The van der Waals surface area contributed by atoms with Gasteiger partial charge in [-0.15, -0.1) is 11.3 Å². The van der Waals surface area contributed by atoms with Crippen LogP contribution in [0.25, 0.3) is 0 Å². The van der Waals surface area contributed by atoms with Crippen molar-refractivity contribution in [1.29, 1.82) is 0 Å². The average molecular weight is 408 g/mol. The molecule has 1 atom stereocenters. The van der Waals surface area contributed by atoms with E-state index in [1.54, 1.807) is 29.2 Å². The summed E-state index contributed by atoms with van der Waals surface area (Å²) in [6, 6.07) is 2.04. The highest BCUT2D eigenvalue weighted by Gasteiger charge is 2.46. The number of ketones is 1. The lowest BCUT2D eigenvalue weighted by molar-refractivity contribution is -0.0918. The van der Waals surface area contributed by atoms with Gasteiger partial charge in [-0.3, -0.25) is 9.48 Å². The quantitative estimate of drug-likeness (QED) is 0.668. The van der Waals surface area contributed by atoms with Gasteiger partial charge in [0, 0.05) is 18.3 Å². The van der Waals surface area contributed by atoms with Crippen molar-refractivity contribution in [2.45, 2.75) is 32.6 Å². The minimum Gasteiger partial charge on any atom is -0.320 e. The number of aromatic nitrogens is 5. The summed E-state index contributed by atoms with van der Waals surface area (Å²) < 4.78 is 44.6. The fraction of sp³-hybridized carbons (Fsp3) is 0.294. The zero-order valence-electron chi connectivity index (χ0n) is 14.9. The summed E-state index contributed by atoms with van der Waals surface area (Å²) in [5.74, 6) is -0.784. The zero-order chi connectivity index (χ0) is 20.1. The van der Waals surface area contributed by atoms with Crippen molar-refractivity contribution in [3.05, 3.63) is 57.4 Å². The fourth-order valence-electron chi connectivity index (χ4n) is 3.22. The van der Waals surface area contributed by atoms with Crippen LogP contribution in [0, 0.1) is 6.92 Å². The molecule has 0 aliphatic carbocycles. The van der Waals surface area contributed by atoms with Crippen molar-refractivity contribution in [2.75, 3.05) is 5.32 Å². The summed E-state index contributed by atoms with van der Waals surface area (Å²) in [6.45, 7) is 4.11. The van der Waals surface area contributed by atoms with Gasteiger partial charge in [0.2, 0.25) is 11.7 Å². The normalized spacial score (nSPS) is 16.8. The number of carbonyl (C=O) groups is 1. The first-order chi connectivity index (χ1) is 13.3. The fourth-order valence-corrected chi connectivity index (χ4v) is 3.90. The van der Waals surface area contributed by atoms with Gasteiger partial charge in [0.15, 0.2) is 0 Å². The van der Waals surface area contributed by atoms with Crippen molar-refractivity contribution in [2.24, 2.45) is 0 Å². The molecule has 0 bridgehead atoms.